The molecule has 0 saturated heterocycles. The molecule has 2 aromatic rings. The summed E-state index contributed by atoms with van der Waals surface area (Å²) in [6, 6.07) is 8.75. The number of hydrogen-bond donors (Lipinski definition) is 1. The predicted molar refractivity (Wildman–Crippen MR) is 80.5 cm³/mol. The van der Waals surface area contributed by atoms with Gasteiger partial charge in [-0.15, -0.1) is 0 Å². The fourth-order valence-electron chi connectivity index (χ4n) is 1.75. The van der Waals surface area contributed by atoms with Gasteiger partial charge in [-0.3, -0.25) is 4.79 Å². The van der Waals surface area contributed by atoms with Gasteiger partial charge in [-0.05, 0) is 37.3 Å². The maximum Gasteiger partial charge on any atom is 0.248 e. The average Bonchev–Trinajstić information content (AvgIpc) is 3.00. The monoisotopic (exact) mass is 287 g/mol. The summed E-state index contributed by atoms with van der Waals surface area (Å²) in [6.07, 6.45) is 4.55. The van der Waals surface area contributed by atoms with Crippen molar-refractivity contribution in [3.8, 4) is 11.5 Å². The van der Waals surface area contributed by atoms with E-state index in [9.17, 15) is 4.79 Å². The second-order valence-corrected chi connectivity index (χ2v) is 4.14. The number of carbonyl (C=O) groups is 1. The summed E-state index contributed by atoms with van der Waals surface area (Å²) >= 11 is 0. The molecule has 5 nitrogen and oxygen atoms in total. The van der Waals surface area contributed by atoms with Crippen LogP contribution in [0.3, 0.4) is 0 Å². The fraction of sp³-hybridized carbons (Fsp3) is 0.188. The molecule has 0 radical (unpaired) electrons. The first-order valence-electron chi connectivity index (χ1n) is 6.56. The summed E-state index contributed by atoms with van der Waals surface area (Å²) in [7, 11) is 1.56. The van der Waals surface area contributed by atoms with Gasteiger partial charge < -0.3 is 19.2 Å². The molecule has 0 atom stereocenters. The lowest BCUT2D eigenvalue weighted by atomic mass is 10.2. The van der Waals surface area contributed by atoms with Crippen molar-refractivity contribution in [2.75, 3.05) is 19.0 Å². The van der Waals surface area contributed by atoms with Crippen molar-refractivity contribution in [1.82, 2.24) is 0 Å². The Morgan fingerprint density at radius 1 is 1.33 bits per heavy atom. The zero-order valence-electron chi connectivity index (χ0n) is 12.0. The molecule has 0 unspecified atom stereocenters. The topological polar surface area (TPSA) is 60.7 Å². The summed E-state index contributed by atoms with van der Waals surface area (Å²) in [4.78, 5) is 11.8. The summed E-state index contributed by atoms with van der Waals surface area (Å²) in [5, 5.41) is 2.75. The van der Waals surface area contributed by atoms with Crippen LogP contribution in [0.25, 0.3) is 6.08 Å². The zero-order valence-corrected chi connectivity index (χ0v) is 12.0. The smallest absolute Gasteiger partial charge is 0.248 e. The highest BCUT2D eigenvalue weighted by Crippen LogP contribution is 2.30. The van der Waals surface area contributed by atoms with Crippen molar-refractivity contribution in [3.05, 3.63) is 48.4 Å². The molecule has 0 aliphatic carbocycles. The predicted octanol–water partition coefficient (Wildman–Crippen LogP) is 3.34. The summed E-state index contributed by atoms with van der Waals surface area (Å²) < 4.78 is 15.8. The van der Waals surface area contributed by atoms with E-state index in [1.165, 1.54) is 6.08 Å². The molecular formula is C16H17NO4. The molecule has 2 rings (SSSR count). The average molecular weight is 287 g/mol. The maximum absolute atomic E-state index is 11.8. The van der Waals surface area contributed by atoms with Crippen molar-refractivity contribution in [1.29, 1.82) is 0 Å². The Hall–Kier alpha value is -2.69. The van der Waals surface area contributed by atoms with Crippen LogP contribution in [-0.4, -0.2) is 19.6 Å². The van der Waals surface area contributed by atoms with E-state index >= 15 is 0 Å². The minimum absolute atomic E-state index is 0.252. The lowest BCUT2D eigenvalue weighted by molar-refractivity contribution is -0.111. The number of benzene rings is 1. The van der Waals surface area contributed by atoms with Crippen LogP contribution in [0.5, 0.6) is 11.5 Å². The molecule has 1 heterocycles. The molecule has 0 fully saturated rings. The van der Waals surface area contributed by atoms with E-state index in [4.69, 9.17) is 13.9 Å². The van der Waals surface area contributed by atoms with E-state index in [1.807, 2.05) is 6.92 Å². The van der Waals surface area contributed by atoms with Gasteiger partial charge in [-0.1, -0.05) is 0 Å². The number of ether oxygens (including phenoxy) is 2. The van der Waals surface area contributed by atoms with E-state index in [2.05, 4.69) is 5.32 Å². The van der Waals surface area contributed by atoms with Gasteiger partial charge >= 0.3 is 0 Å². The quantitative estimate of drug-likeness (QED) is 0.828. The summed E-state index contributed by atoms with van der Waals surface area (Å²) in [5.41, 5.74) is 0.629. The Labute approximate surface area is 123 Å². The molecule has 1 aromatic heterocycles. The summed E-state index contributed by atoms with van der Waals surface area (Å²) in [6.45, 7) is 2.45. The number of furan rings is 1. The normalized spacial score (nSPS) is 10.6. The van der Waals surface area contributed by atoms with Crippen molar-refractivity contribution < 1.29 is 18.7 Å². The first-order chi connectivity index (χ1) is 10.2. The lowest BCUT2D eigenvalue weighted by Crippen LogP contribution is -2.08. The molecule has 0 bridgehead atoms. The molecule has 1 aromatic carbocycles. The Balaban J connectivity index is 2.03. The van der Waals surface area contributed by atoms with Crippen LogP contribution in [0.1, 0.15) is 12.7 Å². The van der Waals surface area contributed by atoms with Crippen molar-refractivity contribution in [3.63, 3.8) is 0 Å². The highest BCUT2D eigenvalue weighted by atomic mass is 16.5. The fourth-order valence-corrected chi connectivity index (χ4v) is 1.75. The van der Waals surface area contributed by atoms with Gasteiger partial charge in [-0.2, -0.15) is 0 Å². The van der Waals surface area contributed by atoms with Crippen LogP contribution in [0.4, 0.5) is 5.69 Å². The van der Waals surface area contributed by atoms with E-state index in [-0.39, 0.29) is 5.91 Å². The molecule has 0 spiro atoms. The Morgan fingerprint density at radius 3 is 2.86 bits per heavy atom. The number of hydrogen-bond acceptors (Lipinski definition) is 4. The molecule has 1 N–H and O–H groups in total. The molecule has 0 aliphatic rings. The SMILES string of the molecule is CCOc1ccc(NC(=O)/C=C/c2ccco2)cc1OC. The molecule has 0 aliphatic heterocycles. The third-order valence-corrected chi connectivity index (χ3v) is 2.67. The van der Waals surface area contributed by atoms with E-state index in [0.29, 0.717) is 29.6 Å². The maximum atomic E-state index is 11.8. The number of amides is 1. The number of rotatable bonds is 6. The van der Waals surface area contributed by atoms with E-state index in [1.54, 1.807) is 49.8 Å². The van der Waals surface area contributed by atoms with Crippen LogP contribution >= 0.6 is 0 Å². The molecule has 1 amide bonds. The van der Waals surface area contributed by atoms with Gasteiger partial charge in [0.05, 0.1) is 20.0 Å². The number of nitrogens with one attached hydrogen (secondary N) is 1. The van der Waals surface area contributed by atoms with Crippen LogP contribution in [0.15, 0.2) is 47.1 Å². The van der Waals surface area contributed by atoms with Crippen molar-refractivity contribution in [2.45, 2.75) is 6.92 Å². The number of methoxy groups -OCH3 is 1. The summed E-state index contributed by atoms with van der Waals surface area (Å²) in [5.74, 6) is 1.58. The highest BCUT2D eigenvalue weighted by molar-refractivity contribution is 6.01. The third kappa shape index (κ3) is 4.14. The second-order valence-electron chi connectivity index (χ2n) is 4.14. The highest BCUT2D eigenvalue weighted by Gasteiger charge is 2.06. The van der Waals surface area contributed by atoms with Gasteiger partial charge in [0.25, 0.3) is 0 Å². The number of carbonyl (C=O) groups excluding carboxylic acids is 1. The zero-order chi connectivity index (χ0) is 15.1. The van der Waals surface area contributed by atoms with Crippen LogP contribution < -0.4 is 14.8 Å². The second kappa shape index (κ2) is 7.19. The van der Waals surface area contributed by atoms with E-state index < -0.39 is 0 Å². The standard InChI is InChI=1S/C16H17NO4/c1-3-20-14-8-6-12(11-15(14)19-2)17-16(18)9-7-13-5-4-10-21-13/h4-11H,3H2,1-2H3,(H,17,18)/b9-7+. The Kier molecular flexibility index (Phi) is 5.04. The first kappa shape index (κ1) is 14.7. The van der Waals surface area contributed by atoms with Crippen LogP contribution in [0, 0.1) is 0 Å². The molecule has 21 heavy (non-hydrogen) atoms. The van der Waals surface area contributed by atoms with Crippen molar-refractivity contribution in [2.24, 2.45) is 0 Å². The largest absolute Gasteiger partial charge is 0.493 e. The van der Waals surface area contributed by atoms with Crippen LogP contribution in [0.2, 0.25) is 0 Å². The van der Waals surface area contributed by atoms with Gasteiger partial charge in [0, 0.05) is 17.8 Å². The van der Waals surface area contributed by atoms with Gasteiger partial charge in [0.1, 0.15) is 5.76 Å². The molecular weight excluding hydrogens is 270 g/mol. The minimum atomic E-state index is -0.252. The number of anilines is 1. The van der Waals surface area contributed by atoms with Crippen LogP contribution in [-0.2, 0) is 4.79 Å². The van der Waals surface area contributed by atoms with Gasteiger partial charge in [0.15, 0.2) is 11.5 Å². The molecule has 110 valence electrons. The van der Waals surface area contributed by atoms with Gasteiger partial charge in [0.2, 0.25) is 5.91 Å². The first-order valence-corrected chi connectivity index (χ1v) is 6.56. The van der Waals surface area contributed by atoms with E-state index in [0.717, 1.165) is 0 Å². The Bertz CT molecular complexity index is 617. The minimum Gasteiger partial charge on any atom is -0.493 e. The van der Waals surface area contributed by atoms with Crippen molar-refractivity contribution >= 4 is 17.7 Å². The molecule has 0 saturated carbocycles. The third-order valence-electron chi connectivity index (χ3n) is 2.67. The van der Waals surface area contributed by atoms with Gasteiger partial charge in [-0.25, -0.2) is 0 Å². The lowest BCUT2D eigenvalue weighted by Gasteiger charge is -2.11. The molecule has 5 heteroatoms. The Morgan fingerprint density at radius 2 is 2.19 bits per heavy atom.